The Bertz CT molecular complexity index is 705. The molecule has 5 unspecified atom stereocenters. The van der Waals surface area contributed by atoms with Gasteiger partial charge in [0.05, 0.1) is 6.04 Å². The minimum absolute atomic E-state index is 0.0200. The van der Waals surface area contributed by atoms with Crippen molar-refractivity contribution >= 4 is 41.4 Å². The zero-order valence-corrected chi connectivity index (χ0v) is 21.4. The van der Waals surface area contributed by atoms with Gasteiger partial charge in [0.15, 0.2) is 0 Å². The molecule has 5 atom stereocenters. The van der Waals surface area contributed by atoms with E-state index < -0.39 is 53.8 Å². The first-order valence-electron chi connectivity index (χ1n) is 11.4. The maximum atomic E-state index is 13.1. The van der Waals surface area contributed by atoms with Crippen LogP contribution in [-0.2, 0) is 24.0 Å². The zero-order valence-electron chi connectivity index (χ0n) is 20.6. The van der Waals surface area contributed by atoms with Gasteiger partial charge in [0, 0.05) is 6.42 Å². The number of hydrogen-bond donors (Lipinski definition) is 6. The fraction of sp³-hybridized carbons (Fsp3) is 0.773. The minimum atomic E-state index is -1.16. The van der Waals surface area contributed by atoms with Crippen molar-refractivity contribution in [1.82, 2.24) is 16.0 Å². The van der Waals surface area contributed by atoms with Crippen LogP contribution in [0.2, 0.25) is 0 Å². The Morgan fingerprint density at radius 1 is 0.882 bits per heavy atom. The number of carboxylic acid groups (broad SMARTS) is 2. The lowest BCUT2D eigenvalue weighted by molar-refractivity contribution is -0.142. The predicted molar refractivity (Wildman–Crippen MR) is 130 cm³/mol. The normalized spacial score (nSPS) is 15.5. The molecular weight excluding hydrogens is 464 g/mol. The molecule has 0 aromatic rings. The maximum Gasteiger partial charge on any atom is 0.326 e. The number of rotatable bonds is 17. The lowest BCUT2D eigenvalue weighted by Gasteiger charge is -2.28. The summed E-state index contributed by atoms with van der Waals surface area (Å²) >= 11 is 1.46. The molecule has 0 aromatic carbocycles. The summed E-state index contributed by atoms with van der Waals surface area (Å²) in [6.45, 7) is 7.32. The second-order valence-corrected chi connectivity index (χ2v) is 9.77. The van der Waals surface area contributed by atoms with Crippen LogP contribution in [0.15, 0.2) is 0 Å². The summed E-state index contributed by atoms with van der Waals surface area (Å²) < 4.78 is 0. The van der Waals surface area contributed by atoms with Crippen molar-refractivity contribution in [3.05, 3.63) is 0 Å². The van der Waals surface area contributed by atoms with E-state index >= 15 is 0 Å². The largest absolute Gasteiger partial charge is 0.481 e. The Labute approximate surface area is 205 Å². The number of hydrogen-bond acceptors (Lipinski definition) is 7. The van der Waals surface area contributed by atoms with E-state index in [-0.39, 0.29) is 37.5 Å². The van der Waals surface area contributed by atoms with E-state index in [0.717, 1.165) is 0 Å². The third-order valence-corrected chi connectivity index (χ3v) is 6.01. The van der Waals surface area contributed by atoms with Gasteiger partial charge in [-0.2, -0.15) is 11.8 Å². The highest BCUT2D eigenvalue weighted by atomic mass is 32.2. The molecule has 0 radical (unpaired) electrons. The first-order chi connectivity index (χ1) is 15.8. The molecular formula is C22H40N4O7S. The number of amides is 3. The second-order valence-electron chi connectivity index (χ2n) is 8.78. The van der Waals surface area contributed by atoms with Gasteiger partial charge < -0.3 is 31.9 Å². The molecule has 34 heavy (non-hydrogen) atoms. The summed E-state index contributed by atoms with van der Waals surface area (Å²) in [7, 11) is 0. The smallest absolute Gasteiger partial charge is 0.326 e. The number of thioether (sulfide) groups is 1. The van der Waals surface area contributed by atoms with Gasteiger partial charge in [0.25, 0.3) is 0 Å². The summed E-state index contributed by atoms with van der Waals surface area (Å²) in [6, 6.07) is -4.17. The number of aliphatic carboxylic acids is 2. The lowest BCUT2D eigenvalue weighted by Crippen LogP contribution is -2.58. The molecule has 0 bridgehead atoms. The molecule has 0 rings (SSSR count). The first kappa shape index (κ1) is 31.7. The van der Waals surface area contributed by atoms with E-state index in [1.165, 1.54) is 11.8 Å². The summed E-state index contributed by atoms with van der Waals surface area (Å²) in [5.74, 6) is -3.83. The van der Waals surface area contributed by atoms with Crippen LogP contribution in [0.3, 0.4) is 0 Å². The van der Waals surface area contributed by atoms with Crippen LogP contribution < -0.4 is 21.7 Å². The third kappa shape index (κ3) is 12.2. The van der Waals surface area contributed by atoms with Crippen molar-refractivity contribution in [2.75, 3.05) is 12.0 Å². The maximum absolute atomic E-state index is 13.1. The molecule has 0 spiro atoms. The van der Waals surface area contributed by atoms with Crippen LogP contribution in [0.5, 0.6) is 0 Å². The fourth-order valence-electron chi connectivity index (χ4n) is 3.10. The molecule has 0 heterocycles. The number of nitrogens with one attached hydrogen (secondary N) is 3. The van der Waals surface area contributed by atoms with Gasteiger partial charge in [-0.1, -0.05) is 34.1 Å². The van der Waals surface area contributed by atoms with Crippen molar-refractivity contribution in [2.24, 2.45) is 17.6 Å². The van der Waals surface area contributed by atoms with E-state index in [1.807, 2.05) is 27.0 Å². The summed E-state index contributed by atoms with van der Waals surface area (Å²) in [6.07, 6.45) is 2.52. The van der Waals surface area contributed by atoms with Gasteiger partial charge >= 0.3 is 11.9 Å². The standard InChI is InChI=1S/C22H40N4O7S/c1-6-13(4)18(26-19(29)14(23)7-8-17(27)28)21(31)25-16(11-12(2)3)20(30)24-15(22(32)33)9-10-34-5/h12-16,18H,6-11,23H2,1-5H3,(H,24,30)(H,25,31)(H,26,29)(H,27,28)(H,32,33). The molecule has 0 aliphatic rings. The number of carboxylic acids is 2. The Kier molecular flexibility index (Phi) is 15.2. The molecule has 11 nitrogen and oxygen atoms in total. The highest BCUT2D eigenvalue weighted by Gasteiger charge is 2.32. The molecule has 0 saturated carbocycles. The van der Waals surface area contributed by atoms with Crippen LogP contribution in [-0.4, -0.2) is 76.0 Å². The topological polar surface area (TPSA) is 188 Å². The van der Waals surface area contributed by atoms with Crippen molar-refractivity contribution < 1.29 is 34.2 Å². The number of nitrogens with two attached hydrogens (primary N) is 1. The number of carbonyl (C=O) groups excluding carboxylic acids is 3. The van der Waals surface area contributed by atoms with Gasteiger partial charge in [-0.3, -0.25) is 19.2 Å². The molecule has 0 saturated heterocycles. The minimum Gasteiger partial charge on any atom is -0.481 e. The van der Waals surface area contributed by atoms with Crippen molar-refractivity contribution in [3.8, 4) is 0 Å². The summed E-state index contributed by atoms with van der Waals surface area (Å²) in [4.78, 5) is 60.7. The average Bonchev–Trinajstić information content (AvgIpc) is 2.76. The van der Waals surface area contributed by atoms with Crippen LogP contribution in [0.1, 0.15) is 59.8 Å². The van der Waals surface area contributed by atoms with E-state index in [9.17, 15) is 29.1 Å². The highest BCUT2D eigenvalue weighted by molar-refractivity contribution is 7.98. The Morgan fingerprint density at radius 3 is 1.94 bits per heavy atom. The quantitative estimate of drug-likeness (QED) is 0.164. The van der Waals surface area contributed by atoms with Gasteiger partial charge in [0.1, 0.15) is 18.1 Å². The van der Waals surface area contributed by atoms with Gasteiger partial charge in [0.2, 0.25) is 17.7 Å². The van der Waals surface area contributed by atoms with E-state index in [0.29, 0.717) is 12.2 Å². The Morgan fingerprint density at radius 2 is 1.47 bits per heavy atom. The molecule has 0 aliphatic carbocycles. The van der Waals surface area contributed by atoms with Crippen molar-refractivity contribution in [2.45, 2.75) is 84.0 Å². The van der Waals surface area contributed by atoms with Gasteiger partial charge in [-0.15, -0.1) is 0 Å². The van der Waals surface area contributed by atoms with E-state index in [4.69, 9.17) is 10.8 Å². The van der Waals surface area contributed by atoms with Crippen LogP contribution >= 0.6 is 11.8 Å². The molecule has 0 fully saturated rings. The fourth-order valence-corrected chi connectivity index (χ4v) is 3.57. The van der Waals surface area contributed by atoms with Crippen molar-refractivity contribution in [3.63, 3.8) is 0 Å². The third-order valence-electron chi connectivity index (χ3n) is 5.36. The van der Waals surface area contributed by atoms with E-state index in [1.54, 1.807) is 6.92 Å². The highest BCUT2D eigenvalue weighted by Crippen LogP contribution is 2.12. The molecule has 3 amide bonds. The molecule has 12 heteroatoms. The molecule has 7 N–H and O–H groups in total. The Hall–Kier alpha value is -2.34. The van der Waals surface area contributed by atoms with Gasteiger partial charge in [-0.25, -0.2) is 4.79 Å². The van der Waals surface area contributed by atoms with Crippen molar-refractivity contribution in [1.29, 1.82) is 0 Å². The molecule has 0 aromatic heterocycles. The number of carbonyl (C=O) groups is 5. The summed E-state index contributed by atoms with van der Waals surface area (Å²) in [5, 5.41) is 25.9. The lowest BCUT2D eigenvalue weighted by atomic mass is 9.96. The molecule has 0 aliphatic heterocycles. The van der Waals surface area contributed by atoms with E-state index in [2.05, 4.69) is 16.0 Å². The average molecular weight is 505 g/mol. The molecule has 196 valence electrons. The zero-order chi connectivity index (χ0) is 26.4. The Balaban J connectivity index is 5.49. The van der Waals surface area contributed by atoms with Crippen LogP contribution in [0.4, 0.5) is 0 Å². The monoisotopic (exact) mass is 504 g/mol. The second kappa shape index (κ2) is 16.3. The van der Waals surface area contributed by atoms with Gasteiger partial charge in [-0.05, 0) is 43.1 Å². The SMILES string of the molecule is CCC(C)C(NC(=O)C(N)CCC(=O)O)C(=O)NC(CC(C)C)C(=O)NC(CCSC)C(=O)O. The predicted octanol–water partition coefficient (Wildman–Crippen LogP) is 0.563. The first-order valence-corrected chi connectivity index (χ1v) is 12.8. The summed E-state index contributed by atoms with van der Waals surface area (Å²) in [5.41, 5.74) is 5.77. The van der Waals surface area contributed by atoms with Crippen LogP contribution in [0, 0.1) is 11.8 Å². The van der Waals surface area contributed by atoms with Crippen LogP contribution in [0.25, 0.3) is 0 Å².